The number of nitrogens with one attached hydrogen (secondary N) is 1. The number of amides is 3. The van der Waals surface area contributed by atoms with Gasteiger partial charge in [-0.3, -0.25) is 19.3 Å². The lowest BCUT2D eigenvalue weighted by atomic mass is 9.96. The van der Waals surface area contributed by atoms with Crippen molar-refractivity contribution < 1.29 is 23.9 Å². The van der Waals surface area contributed by atoms with Crippen molar-refractivity contribution in [2.75, 3.05) is 34.3 Å². The molecule has 0 aromatic carbocycles. The van der Waals surface area contributed by atoms with Crippen molar-refractivity contribution in [3.8, 4) is 0 Å². The fourth-order valence-corrected chi connectivity index (χ4v) is 5.23. The fraction of sp³-hybridized carbons (Fsp3) is 0.778. The van der Waals surface area contributed by atoms with Crippen molar-refractivity contribution >= 4 is 23.7 Å². The third-order valence-electron chi connectivity index (χ3n) is 7.53. The summed E-state index contributed by atoms with van der Waals surface area (Å²) in [5.41, 5.74) is 0.484. The number of hydrogen-bond acceptors (Lipinski definition) is 6. The highest BCUT2D eigenvalue weighted by atomic mass is 16.5. The second-order valence-corrected chi connectivity index (χ2v) is 10.9. The normalized spacial score (nSPS) is 22.9. The Balaban J connectivity index is 2.19. The Labute approximate surface area is 216 Å². The average molecular weight is 507 g/mol. The van der Waals surface area contributed by atoms with Crippen molar-refractivity contribution in [2.45, 2.75) is 90.9 Å². The molecule has 0 aliphatic carbocycles. The Morgan fingerprint density at radius 3 is 2.17 bits per heavy atom. The van der Waals surface area contributed by atoms with Crippen LogP contribution in [0.3, 0.4) is 0 Å². The molecule has 0 aromatic heterocycles. The molecular weight excluding hydrogens is 460 g/mol. The summed E-state index contributed by atoms with van der Waals surface area (Å²) in [6.45, 7) is 10.9. The molecule has 0 radical (unpaired) electrons. The van der Waals surface area contributed by atoms with E-state index in [1.54, 1.807) is 23.8 Å². The van der Waals surface area contributed by atoms with E-state index in [0.717, 1.165) is 32.2 Å². The average Bonchev–Trinajstić information content (AvgIpc) is 3.33. The predicted octanol–water partition coefficient (Wildman–Crippen LogP) is 2.20. The Kier molecular flexibility index (Phi) is 10.9. The largest absolute Gasteiger partial charge is 0.467 e. The fourth-order valence-electron chi connectivity index (χ4n) is 5.23. The quantitative estimate of drug-likeness (QED) is 0.380. The Morgan fingerprint density at radius 2 is 1.61 bits per heavy atom. The molecule has 2 aliphatic heterocycles. The van der Waals surface area contributed by atoms with Gasteiger partial charge in [-0.15, -0.1) is 0 Å². The number of nitrogens with zero attached hydrogens (tertiary/aromatic N) is 3. The van der Waals surface area contributed by atoms with Gasteiger partial charge in [0.25, 0.3) is 0 Å². The van der Waals surface area contributed by atoms with E-state index in [9.17, 15) is 19.2 Å². The number of likely N-dealkylation sites (N-methyl/N-ethyl adjacent to an activating group) is 2. The predicted molar refractivity (Wildman–Crippen MR) is 139 cm³/mol. The number of ether oxygens (including phenoxy) is 1. The molecule has 3 amide bonds. The second-order valence-electron chi connectivity index (χ2n) is 10.9. The van der Waals surface area contributed by atoms with Gasteiger partial charge in [-0.2, -0.15) is 0 Å². The van der Waals surface area contributed by atoms with E-state index in [4.69, 9.17) is 4.74 Å². The first kappa shape index (κ1) is 29.8. The van der Waals surface area contributed by atoms with Crippen LogP contribution in [0, 0.1) is 11.8 Å². The number of likely N-dealkylation sites (tertiary alicyclic amines) is 2. The number of hydrogen-bond donors (Lipinski definition) is 1. The first-order valence-corrected chi connectivity index (χ1v) is 13.2. The molecule has 2 aliphatic rings. The lowest BCUT2D eigenvalue weighted by Gasteiger charge is -2.36. The molecule has 2 rings (SSSR count). The minimum Gasteiger partial charge on any atom is -0.467 e. The highest BCUT2D eigenvalue weighted by Crippen LogP contribution is 2.23. The second kappa shape index (κ2) is 13.2. The molecule has 1 unspecified atom stereocenters. The summed E-state index contributed by atoms with van der Waals surface area (Å²) in [6, 6.07) is -1.80. The number of methoxy groups -OCH3 is 1. The number of carbonyl (C=O) groups excluding carboxylic acids is 4. The first-order valence-electron chi connectivity index (χ1n) is 13.2. The van der Waals surface area contributed by atoms with Crippen LogP contribution in [0.1, 0.15) is 66.7 Å². The molecule has 2 heterocycles. The standard InChI is InChI=1S/C27H46N4O5/c1-17(2)22(16-19(5)25(33)31-15-11-13-21(31)27(35)36-8)30(7)26(34)23(18(3)4)28-24(32)20-12-9-10-14-29(20)6/h16-18,20-23H,9-15H2,1-8H3,(H,28,32)/t20?,21-,22+,23-/m0/s1. The Morgan fingerprint density at radius 1 is 0.972 bits per heavy atom. The summed E-state index contributed by atoms with van der Waals surface area (Å²) >= 11 is 0. The zero-order valence-corrected chi connectivity index (χ0v) is 23.4. The molecule has 0 bridgehead atoms. The zero-order valence-electron chi connectivity index (χ0n) is 23.4. The third-order valence-corrected chi connectivity index (χ3v) is 7.53. The SMILES string of the molecule is COC(=O)[C@@H]1CCCN1C(=O)C(C)=C[C@H](C(C)C)N(C)C(=O)[C@@H](NC(=O)C1CCCCN1C)C(C)C. The number of carbonyl (C=O) groups is 4. The van der Waals surface area contributed by atoms with Crippen LogP contribution in [0.25, 0.3) is 0 Å². The molecule has 0 saturated carbocycles. The van der Waals surface area contributed by atoms with E-state index < -0.39 is 18.1 Å². The van der Waals surface area contributed by atoms with Crippen molar-refractivity contribution in [2.24, 2.45) is 11.8 Å². The van der Waals surface area contributed by atoms with E-state index in [-0.39, 0.29) is 41.6 Å². The van der Waals surface area contributed by atoms with E-state index >= 15 is 0 Å². The van der Waals surface area contributed by atoms with Gasteiger partial charge in [0.05, 0.1) is 19.2 Å². The van der Waals surface area contributed by atoms with Crippen LogP contribution in [-0.4, -0.2) is 96.9 Å². The van der Waals surface area contributed by atoms with Crippen LogP contribution in [0.15, 0.2) is 11.6 Å². The summed E-state index contributed by atoms with van der Waals surface area (Å²) in [5.74, 6) is -0.972. The maximum Gasteiger partial charge on any atom is 0.328 e. The molecule has 36 heavy (non-hydrogen) atoms. The molecule has 0 spiro atoms. The topological polar surface area (TPSA) is 99.3 Å². The maximum atomic E-state index is 13.6. The molecular formula is C27H46N4O5. The van der Waals surface area contributed by atoms with E-state index in [1.807, 2.05) is 40.8 Å². The van der Waals surface area contributed by atoms with E-state index in [2.05, 4.69) is 10.2 Å². The Bertz CT molecular complexity index is 840. The van der Waals surface area contributed by atoms with Crippen LogP contribution in [0.4, 0.5) is 0 Å². The maximum absolute atomic E-state index is 13.6. The van der Waals surface area contributed by atoms with Crippen LogP contribution >= 0.6 is 0 Å². The smallest absolute Gasteiger partial charge is 0.328 e. The molecule has 2 fully saturated rings. The molecule has 1 N–H and O–H groups in total. The van der Waals surface area contributed by atoms with Crippen molar-refractivity contribution in [3.05, 3.63) is 11.6 Å². The van der Waals surface area contributed by atoms with Crippen LogP contribution in [-0.2, 0) is 23.9 Å². The van der Waals surface area contributed by atoms with Crippen molar-refractivity contribution in [3.63, 3.8) is 0 Å². The molecule has 0 aromatic rings. The molecule has 9 nitrogen and oxygen atoms in total. The Hall–Kier alpha value is -2.42. The van der Waals surface area contributed by atoms with Gasteiger partial charge in [0.15, 0.2) is 0 Å². The van der Waals surface area contributed by atoms with Gasteiger partial charge < -0.3 is 19.9 Å². The van der Waals surface area contributed by atoms with Crippen molar-refractivity contribution in [1.29, 1.82) is 0 Å². The van der Waals surface area contributed by atoms with Gasteiger partial charge in [-0.1, -0.05) is 40.2 Å². The van der Waals surface area contributed by atoms with Gasteiger partial charge in [-0.05, 0) is 58.0 Å². The monoisotopic (exact) mass is 506 g/mol. The van der Waals surface area contributed by atoms with E-state index in [0.29, 0.717) is 18.5 Å². The summed E-state index contributed by atoms with van der Waals surface area (Å²) in [6.07, 6.45) is 6.02. The first-order chi connectivity index (χ1) is 16.9. The highest BCUT2D eigenvalue weighted by molar-refractivity contribution is 5.96. The lowest BCUT2D eigenvalue weighted by Crippen LogP contribution is -2.57. The summed E-state index contributed by atoms with van der Waals surface area (Å²) < 4.78 is 4.87. The number of rotatable bonds is 9. The van der Waals surface area contributed by atoms with Gasteiger partial charge in [0.2, 0.25) is 17.7 Å². The van der Waals surface area contributed by atoms with Crippen LogP contribution in [0.5, 0.6) is 0 Å². The molecule has 204 valence electrons. The van der Waals surface area contributed by atoms with Crippen LogP contribution in [0.2, 0.25) is 0 Å². The van der Waals surface area contributed by atoms with Gasteiger partial charge >= 0.3 is 5.97 Å². The molecule has 9 heteroatoms. The minimum atomic E-state index is -0.661. The molecule has 4 atom stereocenters. The van der Waals surface area contributed by atoms with Crippen molar-refractivity contribution in [1.82, 2.24) is 20.0 Å². The lowest BCUT2D eigenvalue weighted by molar-refractivity contribution is -0.149. The summed E-state index contributed by atoms with van der Waals surface area (Å²) in [5, 5.41) is 3.02. The van der Waals surface area contributed by atoms with E-state index in [1.165, 1.54) is 7.11 Å². The number of esters is 1. The zero-order chi connectivity index (χ0) is 27.2. The van der Waals surface area contributed by atoms with Crippen LogP contribution < -0.4 is 5.32 Å². The van der Waals surface area contributed by atoms with Gasteiger partial charge in [-0.25, -0.2) is 4.79 Å². The number of piperidine rings is 1. The highest BCUT2D eigenvalue weighted by Gasteiger charge is 2.37. The third kappa shape index (κ3) is 7.08. The molecule has 2 saturated heterocycles. The van der Waals surface area contributed by atoms with Gasteiger partial charge in [0, 0.05) is 19.2 Å². The van der Waals surface area contributed by atoms with Gasteiger partial charge in [0.1, 0.15) is 12.1 Å². The summed E-state index contributed by atoms with van der Waals surface area (Å²) in [7, 11) is 5.01. The summed E-state index contributed by atoms with van der Waals surface area (Å²) in [4.78, 5) is 57.3. The minimum absolute atomic E-state index is 0.0321.